The molecule has 2 saturated heterocycles. The molecule has 2 aliphatic heterocycles. The predicted octanol–water partition coefficient (Wildman–Crippen LogP) is 1.44. The molecule has 1 unspecified atom stereocenters. The zero-order chi connectivity index (χ0) is 15.4. The second-order valence-electron chi connectivity index (χ2n) is 6.72. The number of hydrogen-bond donors (Lipinski definition) is 2. The molecule has 0 aliphatic carbocycles. The fourth-order valence-corrected chi connectivity index (χ4v) is 3.79. The number of piperidine rings is 2. The zero-order valence-electron chi connectivity index (χ0n) is 13.3. The number of aliphatic hydroxyl groups excluding tert-OH is 2. The van der Waals surface area contributed by atoms with E-state index in [2.05, 4.69) is 9.80 Å². The van der Waals surface area contributed by atoms with E-state index in [1.807, 2.05) is 12.1 Å². The molecule has 0 spiro atoms. The largest absolute Gasteiger partial charge is 0.462 e. The SMILES string of the molecule is OCc1ccc(CN2CCCC(N3CCC(CO)CC3)C2)o1. The van der Waals surface area contributed by atoms with Crippen molar-refractivity contribution < 1.29 is 14.6 Å². The van der Waals surface area contributed by atoms with Gasteiger partial charge < -0.3 is 14.6 Å². The van der Waals surface area contributed by atoms with Crippen molar-refractivity contribution in [2.75, 3.05) is 32.8 Å². The van der Waals surface area contributed by atoms with Gasteiger partial charge in [0.25, 0.3) is 0 Å². The minimum atomic E-state index is -0.0254. The maximum absolute atomic E-state index is 9.26. The average molecular weight is 308 g/mol. The maximum Gasteiger partial charge on any atom is 0.129 e. The first kappa shape index (κ1) is 16.0. The molecule has 0 saturated carbocycles. The topological polar surface area (TPSA) is 60.1 Å². The summed E-state index contributed by atoms with van der Waals surface area (Å²) < 4.78 is 5.61. The first-order valence-corrected chi connectivity index (χ1v) is 8.54. The van der Waals surface area contributed by atoms with E-state index < -0.39 is 0 Å². The van der Waals surface area contributed by atoms with E-state index in [-0.39, 0.29) is 6.61 Å². The minimum Gasteiger partial charge on any atom is -0.462 e. The van der Waals surface area contributed by atoms with Crippen molar-refractivity contribution in [3.63, 3.8) is 0 Å². The molecule has 0 aromatic carbocycles. The Kier molecular flexibility index (Phi) is 5.52. The highest BCUT2D eigenvalue weighted by Gasteiger charge is 2.28. The molecule has 0 bridgehead atoms. The summed E-state index contributed by atoms with van der Waals surface area (Å²) in [5, 5.41) is 18.3. The monoisotopic (exact) mass is 308 g/mol. The van der Waals surface area contributed by atoms with Crippen LogP contribution in [0.15, 0.2) is 16.5 Å². The van der Waals surface area contributed by atoms with Crippen LogP contribution >= 0.6 is 0 Å². The van der Waals surface area contributed by atoms with Gasteiger partial charge in [-0.05, 0) is 63.4 Å². The third-order valence-electron chi connectivity index (χ3n) is 5.16. The zero-order valence-corrected chi connectivity index (χ0v) is 13.3. The van der Waals surface area contributed by atoms with Crippen LogP contribution in [0, 0.1) is 5.92 Å². The van der Waals surface area contributed by atoms with E-state index in [4.69, 9.17) is 9.52 Å². The summed E-state index contributed by atoms with van der Waals surface area (Å²) in [5.74, 6) is 2.11. The molecule has 3 rings (SSSR count). The molecular weight excluding hydrogens is 280 g/mol. The number of rotatable bonds is 5. The Morgan fingerprint density at radius 1 is 1.05 bits per heavy atom. The number of nitrogens with zero attached hydrogens (tertiary/aromatic N) is 2. The Morgan fingerprint density at radius 3 is 2.50 bits per heavy atom. The standard InChI is InChI=1S/C17H28N2O3/c20-12-14-5-8-19(9-6-14)15-2-1-7-18(10-15)11-16-3-4-17(13-21)22-16/h3-4,14-15,20-21H,1-2,5-13H2. The fourth-order valence-electron chi connectivity index (χ4n) is 3.79. The Labute approximate surface area is 132 Å². The van der Waals surface area contributed by atoms with Crippen LogP contribution in [0.4, 0.5) is 0 Å². The highest BCUT2D eigenvalue weighted by molar-refractivity contribution is 5.06. The molecule has 2 N–H and O–H groups in total. The van der Waals surface area contributed by atoms with Crippen molar-refractivity contribution in [3.05, 3.63) is 23.7 Å². The molecular formula is C17H28N2O3. The van der Waals surface area contributed by atoms with Crippen molar-refractivity contribution in [1.29, 1.82) is 0 Å². The lowest BCUT2D eigenvalue weighted by molar-refractivity contribution is 0.0520. The van der Waals surface area contributed by atoms with E-state index >= 15 is 0 Å². The summed E-state index contributed by atoms with van der Waals surface area (Å²) in [6.45, 7) is 5.62. The quantitative estimate of drug-likeness (QED) is 0.862. The molecule has 1 aromatic heterocycles. The third kappa shape index (κ3) is 3.90. The first-order valence-electron chi connectivity index (χ1n) is 8.54. The highest BCUT2D eigenvalue weighted by Crippen LogP contribution is 2.24. The smallest absolute Gasteiger partial charge is 0.129 e. The van der Waals surface area contributed by atoms with Crippen LogP contribution in [-0.2, 0) is 13.2 Å². The normalized spacial score (nSPS) is 25.6. The summed E-state index contributed by atoms with van der Waals surface area (Å²) >= 11 is 0. The Hall–Kier alpha value is -0.880. The molecule has 0 radical (unpaired) electrons. The van der Waals surface area contributed by atoms with E-state index in [0.29, 0.717) is 24.3 Å². The molecule has 1 aromatic rings. The minimum absolute atomic E-state index is 0.0254. The van der Waals surface area contributed by atoms with Gasteiger partial charge in [0.1, 0.15) is 18.1 Å². The fraction of sp³-hybridized carbons (Fsp3) is 0.765. The number of hydrogen-bond acceptors (Lipinski definition) is 5. The van der Waals surface area contributed by atoms with Crippen molar-refractivity contribution in [1.82, 2.24) is 9.80 Å². The lowest BCUT2D eigenvalue weighted by Gasteiger charge is -2.42. The van der Waals surface area contributed by atoms with Crippen molar-refractivity contribution in [2.45, 2.75) is 44.9 Å². The number of likely N-dealkylation sites (tertiary alicyclic amines) is 2. The number of aliphatic hydroxyl groups is 2. The third-order valence-corrected chi connectivity index (χ3v) is 5.16. The van der Waals surface area contributed by atoms with E-state index in [0.717, 1.165) is 51.3 Å². The lowest BCUT2D eigenvalue weighted by Crippen LogP contribution is -2.50. The van der Waals surface area contributed by atoms with E-state index in [9.17, 15) is 5.11 Å². The van der Waals surface area contributed by atoms with Gasteiger partial charge in [-0.25, -0.2) is 0 Å². The highest BCUT2D eigenvalue weighted by atomic mass is 16.4. The lowest BCUT2D eigenvalue weighted by atomic mass is 9.94. The van der Waals surface area contributed by atoms with Gasteiger partial charge in [-0.2, -0.15) is 0 Å². The summed E-state index contributed by atoms with van der Waals surface area (Å²) in [5.41, 5.74) is 0. The van der Waals surface area contributed by atoms with E-state index in [1.54, 1.807) is 0 Å². The van der Waals surface area contributed by atoms with Crippen LogP contribution in [0.3, 0.4) is 0 Å². The molecule has 5 nitrogen and oxygen atoms in total. The Bertz CT molecular complexity index is 455. The van der Waals surface area contributed by atoms with Crippen molar-refractivity contribution in [2.24, 2.45) is 5.92 Å². The van der Waals surface area contributed by atoms with Gasteiger partial charge in [-0.1, -0.05) is 0 Å². The summed E-state index contributed by atoms with van der Waals surface area (Å²) in [7, 11) is 0. The predicted molar refractivity (Wildman–Crippen MR) is 84.3 cm³/mol. The van der Waals surface area contributed by atoms with Crippen LogP contribution in [-0.4, -0.2) is 58.8 Å². The number of furan rings is 1. The van der Waals surface area contributed by atoms with Crippen LogP contribution in [0.2, 0.25) is 0 Å². The molecule has 22 heavy (non-hydrogen) atoms. The van der Waals surface area contributed by atoms with Crippen LogP contribution < -0.4 is 0 Å². The van der Waals surface area contributed by atoms with Crippen molar-refractivity contribution in [3.8, 4) is 0 Å². The van der Waals surface area contributed by atoms with Crippen LogP contribution in [0.1, 0.15) is 37.2 Å². The van der Waals surface area contributed by atoms with E-state index in [1.165, 1.54) is 12.8 Å². The van der Waals surface area contributed by atoms with Crippen LogP contribution in [0.25, 0.3) is 0 Å². The van der Waals surface area contributed by atoms with Crippen LogP contribution in [0.5, 0.6) is 0 Å². The molecule has 3 heterocycles. The average Bonchev–Trinajstić information content (AvgIpc) is 3.03. The Morgan fingerprint density at radius 2 is 1.82 bits per heavy atom. The summed E-state index contributed by atoms with van der Waals surface area (Å²) in [4.78, 5) is 5.08. The molecule has 2 aliphatic rings. The maximum atomic E-state index is 9.26. The summed E-state index contributed by atoms with van der Waals surface area (Å²) in [6.07, 6.45) is 4.77. The van der Waals surface area contributed by atoms with Gasteiger partial charge in [-0.15, -0.1) is 0 Å². The first-order chi connectivity index (χ1) is 10.8. The molecule has 1 atom stereocenters. The van der Waals surface area contributed by atoms with Gasteiger partial charge in [0.15, 0.2) is 0 Å². The second kappa shape index (κ2) is 7.59. The second-order valence-corrected chi connectivity index (χ2v) is 6.72. The van der Waals surface area contributed by atoms with Crippen molar-refractivity contribution >= 4 is 0 Å². The van der Waals surface area contributed by atoms with Gasteiger partial charge in [0.05, 0.1) is 6.54 Å². The summed E-state index contributed by atoms with van der Waals surface area (Å²) in [6, 6.07) is 4.47. The van der Waals surface area contributed by atoms with Gasteiger partial charge in [0, 0.05) is 19.2 Å². The van der Waals surface area contributed by atoms with Gasteiger partial charge >= 0.3 is 0 Å². The molecule has 2 fully saturated rings. The Balaban J connectivity index is 1.51. The van der Waals surface area contributed by atoms with Gasteiger partial charge in [-0.3, -0.25) is 9.80 Å². The molecule has 5 heteroatoms. The molecule has 124 valence electrons. The molecule has 0 amide bonds. The van der Waals surface area contributed by atoms with Gasteiger partial charge in [0.2, 0.25) is 0 Å².